The van der Waals surface area contributed by atoms with E-state index in [1.165, 1.54) is 16.4 Å². The summed E-state index contributed by atoms with van der Waals surface area (Å²) in [7, 11) is -3.64. The molecule has 1 aromatic rings. The van der Waals surface area contributed by atoms with Gasteiger partial charge in [0, 0.05) is 19.0 Å². The summed E-state index contributed by atoms with van der Waals surface area (Å²) in [4.78, 5) is 0.124. The summed E-state index contributed by atoms with van der Waals surface area (Å²) < 4.78 is 39.5. The number of aryl methyl sites for hydroxylation is 1. The summed E-state index contributed by atoms with van der Waals surface area (Å²) in [6.07, 6.45) is 1.81. The second-order valence-electron chi connectivity index (χ2n) is 4.66. The molecule has 0 bridgehead atoms. The highest BCUT2D eigenvalue weighted by Crippen LogP contribution is 2.33. The molecule has 0 amide bonds. The lowest BCUT2D eigenvalue weighted by molar-refractivity contribution is 0.410. The Hall–Kier alpha value is -1.45. The van der Waals surface area contributed by atoms with Crippen LogP contribution in [0.15, 0.2) is 23.1 Å². The van der Waals surface area contributed by atoms with E-state index in [0.717, 1.165) is 18.9 Å². The zero-order valence-corrected chi connectivity index (χ0v) is 11.5. The Morgan fingerprint density at radius 3 is 2.68 bits per heavy atom. The third-order valence-corrected chi connectivity index (χ3v) is 5.23. The van der Waals surface area contributed by atoms with Crippen LogP contribution in [0.1, 0.15) is 24.8 Å². The van der Waals surface area contributed by atoms with Crippen molar-refractivity contribution in [3.63, 3.8) is 0 Å². The van der Waals surface area contributed by atoms with Crippen molar-refractivity contribution in [2.75, 3.05) is 6.54 Å². The highest BCUT2D eigenvalue weighted by atomic mass is 32.2. The third kappa shape index (κ3) is 2.94. The van der Waals surface area contributed by atoms with Crippen molar-refractivity contribution in [1.29, 1.82) is 5.26 Å². The minimum absolute atomic E-state index is 0.0113. The average molecular weight is 282 g/mol. The van der Waals surface area contributed by atoms with Gasteiger partial charge >= 0.3 is 0 Å². The Labute approximate surface area is 112 Å². The molecule has 19 heavy (non-hydrogen) atoms. The van der Waals surface area contributed by atoms with E-state index in [0.29, 0.717) is 5.56 Å². The molecule has 1 aliphatic rings. The third-order valence-electron chi connectivity index (χ3n) is 3.12. The topological polar surface area (TPSA) is 61.2 Å². The molecule has 0 heterocycles. The molecule has 4 nitrogen and oxygen atoms in total. The van der Waals surface area contributed by atoms with Crippen molar-refractivity contribution >= 4 is 10.0 Å². The molecule has 1 aromatic carbocycles. The van der Waals surface area contributed by atoms with Gasteiger partial charge in [-0.05, 0) is 43.5 Å². The Kier molecular flexibility index (Phi) is 3.88. The Morgan fingerprint density at radius 2 is 2.16 bits per heavy atom. The zero-order valence-electron chi connectivity index (χ0n) is 10.6. The largest absolute Gasteiger partial charge is 0.243 e. The van der Waals surface area contributed by atoms with Crippen molar-refractivity contribution in [3.8, 4) is 6.07 Å². The molecule has 0 N–H and O–H groups in total. The van der Waals surface area contributed by atoms with Gasteiger partial charge in [0.25, 0.3) is 0 Å². The predicted octanol–water partition coefficient (Wildman–Crippen LogP) is 2.20. The fourth-order valence-corrected chi connectivity index (χ4v) is 3.94. The number of nitriles is 1. The van der Waals surface area contributed by atoms with Gasteiger partial charge in [0.05, 0.1) is 11.0 Å². The maximum Gasteiger partial charge on any atom is 0.243 e. The summed E-state index contributed by atoms with van der Waals surface area (Å²) in [6, 6.07) is 5.60. The first kappa shape index (κ1) is 14.0. The van der Waals surface area contributed by atoms with E-state index in [1.807, 2.05) is 6.07 Å². The summed E-state index contributed by atoms with van der Waals surface area (Å²) in [5.74, 6) is -0.452. The molecule has 0 saturated heterocycles. The fourth-order valence-electron chi connectivity index (χ4n) is 2.05. The van der Waals surface area contributed by atoms with Crippen LogP contribution >= 0.6 is 0 Å². The van der Waals surface area contributed by atoms with Crippen molar-refractivity contribution in [3.05, 3.63) is 29.6 Å². The van der Waals surface area contributed by atoms with Crippen LogP contribution in [0.2, 0.25) is 0 Å². The van der Waals surface area contributed by atoms with E-state index >= 15 is 0 Å². The number of benzene rings is 1. The normalized spacial score (nSPS) is 15.5. The second kappa shape index (κ2) is 5.27. The molecular formula is C13H15FN2O2S. The number of halogens is 1. The number of hydrogen-bond donors (Lipinski definition) is 0. The lowest BCUT2D eigenvalue weighted by atomic mass is 10.2. The van der Waals surface area contributed by atoms with Crippen LogP contribution < -0.4 is 0 Å². The monoisotopic (exact) mass is 282 g/mol. The van der Waals surface area contributed by atoms with Crippen molar-refractivity contribution in [1.82, 2.24) is 4.31 Å². The maximum atomic E-state index is 13.1. The summed E-state index contributed by atoms with van der Waals surface area (Å²) in [5.41, 5.74) is 0.391. The van der Waals surface area contributed by atoms with Crippen LogP contribution in [0.25, 0.3) is 0 Å². The Bertz CT molecular complexity index is 618. The molecule has 2 rings (SSSR count). The zero-order chi connectivity index (χ0) is 14.0. The molecule has 0 unspecified atom stereocenters. The van der Waals surface area contributed by atoms with Gasteiger partial charge in [-0.3, -0.25) is 0 Å². The van der Waals surface area contributed by atoms with Gasteiger partial charge in [-0.15, -0.1) is 0 Å². The predicted molar refractivity (Wildman–Crippen MR) is 68.3 cm³/mol. The lowest BCUT2D eigenvalue weighted by Crippen LogP contribution is -2.34. The minimum atomic E-state index is -3.64. The van der Waals surface area contributed by atoms with Crippen molar-refractivity contribution in [2.24, 2.45) is 0 Å². The van der Waals surface area contributed by atoms with E-state index in [9.17, 15) is 12.8 Å². The van der Waals surface area contributed by atoms with Gasteiger partial charge in [-0.1, -0.05) is 0 Å². The molecule has 0 spiro atoms. The maximum absolute atomic E-state index is 13.1. The van der Waals surface area contributed by atoms with E-state index in [4.69, 9.17) is 5.26 Å². The highest BCUT2D eigenvalue weighted by Gasteiger charge is 2.38. The summed E-state index contributed by atoms with van der Waals surface area (Å²) in [5, 5.41) is 8.62. The molecule has 1 aliphatic carbocycles. The van der Waals surface area contributed by atoms with Crippen LogP contribution in [0.5, 0.6) is 0 Å². The lowest BCUT2D eigenvalue weighted by Gasteiger charge is -2.21. The standard InChI is InChI=1S/C13H15FN2O2S/c1-10-9-11(14)3-6-13(10)19(17,18)16(8-2-7-15)12-4-5-12/h3,6,9,12H,2,4-5,8H2,1H3. The molecular weight excluding hydrogens is 267 g/mol. The van der Waals surface area contributed by atoms with Gasteiger partial charge in [-0.2, -0.15) is 9.57 Å². The number of hydrogen-bond acceptors (Lipinski definition) is 3. The first-order chi connectivity index (χ1) is 8.96. The number of sulfonamides is 1. The van der Waals surface area contributed by atoms with Crippen LogP contribution in [0, 0.1) is 24.1 Å². The van der Waals surface area contributed by atoms with Gasteiger partial charge in [0.15, 0.2) is 0 Å². The first-order valence-electron chi connectivity index (χ1n) is 6.12. The van der Waals surface area contributed by atoms with E-state index in [1.54, 1.807) is 6.92 Å². The molecule has 1 fully saturated rings. The first-order valence-corrected chi connectivity index (χ1v) is 7.56. The molecule has 0 aliphatic heterocycles. The molecule has 102 valence electrons. The highest BCUT2D eigenvalue weighted by molar-refractivity contribution is 7.89. The van der Waals surface area contributed by atoms with Crippen LogP contribution in [0.3, 0.4) is 0 Å². The van der Waals surface area contributed by atoms with Gasteiger partial charge in [0.1, 0.15) is 5.82 Å². The van der Waals surface area contributed by atoms with E-state index in [2.05, 4.69) is 0 Å². The molecule has 1 saturated carbocycles. The summed E-state index contributed by atoms with van der Waals surface area (Å²) in [6.45, 7) is 1.77. The minimum Gasteiger partial charge on any atom is -0.207 e. The molecule has 0 atom stereocenters. The Morgan fingerprint density at radius 1 is 1.47 bits per heavy atom. The number of nitrogens with zero attached hydrogens (tertiary/aromatic N) is 2. The van der Waals surface area contributed by atoms with Gasteiger partial charge < -0.3 is 0 Å². The fraction of sp³-hybridized carbons (Fsp3) is 0.462. The van der Waals surface area contributed by atoms with E-state index < -0.39 is 15.8 Å². The van der Waals surface area contributed by atoms with Crippen molar-refractivity contribution < 1.29 is 12.8 Å². The molecule has 0 aromatic heterocycles. The molecule has 6 heteroatoms. The van der Waals surface area contributed by atoms with Crippen LogP contribution in [0.4, 0.5) is 4.39 Å². The van der Waals surface area contributed by atoms with Gasteiger partial charge in [-0.25, -0.2) is 12.8 Å². The molecule has 0 radical (unpaired) electrons. The smallest absolute Gasteiger partial charge is 0.207 e. The van der Waals surface area contributed by atoms with Crippen LogP contribution in [-0.4, -0.2) is 25.3 Å². The van der Waals surface area contributed by atoms with Gasteiger partial charge in [0.2, 0.25) is 10.0 Å². The summed E-state index contributed by atoms with van der Waals surface area (Å²) >= 11 is 0. The van der Waals surface area contributed by atoms with Crippen LogP contribution in [-0.2, 0) is 10.0 Å². The Balaban J connectivity index is 2.36. The number of rotatable bonds is 5. The quantitative estimate of drug-likeness (QED) is 0.831. The van der Waals surface area contributed by atoms with E-state index in [-0.39, 0.29) is 23.9 Å². The average Bonchev–Trinajstić information content (AvgIpc) is 3.13. The SMILES string of the molecule is Cc1cc(F)ccc1S(=O)(=O)N(CCC#N)C1CC1. The van der Waals surface area contributed by atoms with Crippen molar-refractivity contribution in [2.45, 2.75) is 37.1 Å². The second-order valence-corrected chi connectivity index (χ2v) is 6.52.